The molecule has 0 atom stereocenters. The van der Waals surface area contributed by atoms with Gasteiger partial charge in [-0.3, -0.25) is 9.59 Å². The molecule has 0 unspecified atom stereocenters. The zero-order valence-corrected chi connectivity index (χ0v) is 15.2. The lowest BCUT2D eigenvalue weighted by Gasteiger charge is -2.19. The van der Waals surface area contributed by atoms with Gasteiger partial charge in [-0.2, -0.15) is 0 Å². The molecule has 1 aromatic rings. The fraction of sp³-hybridized carbons (Fsp3) is 0.684. The Morgan fingerprint density at radius 3 is 2.83 bits per heavy atom. The van der Waals surface area contributed by atoms with E-state index in [-0.39, 0.29) is 11.5 Å². The van der Waals surface area contributed by atoms with Gasteiger partial charge in [-0.05, 0) is 31.6 Å². The van der Waals surface area contributed by atoms with E-state index in [0.29, 0.717) is 36.9 Å². The number of unbranched alkanes of at least 4 members (excludes halogenated alkanes) is 1. The summed E-state index contributed by atoms with van der Waals surface area (Å²) in [5, 5.41) is 2.98. The van der Waals surface area contributed by atoms with Crippen LogP contribution < -0.4 is 15.6 Å². The summed E-state index contributed by atoms with van der Waals surface area (Å²) in [4.78, 5) is 25.2. The number of amides is 1. The number of hydrogen-bond donors (Lipinski definition) is 1. The van der Waals surface area contributed by atoms with Gasteiger partial charge in [0.1, 0.15) is 11.3 Å². The quantitative estimate of drug-likeness (QED) is 0.779. The van der Waals surface area contributed by atoms with Crippen molar-refractivity contribution in [1.29, 1.82) is 0 Å². The first-order valence-electron chi connectivity index (χ1n) is 9.22. The summed E-state index contributed by atoms with van der Waals surface area (Å²) >= 11 is 0. The van der Waals surface area contributed by atoms with Gasteiger partial charge in [0.15, 0.2) is 0 Å². The molecule has 1 aliphatic rings. The molecule has 0 aromatic carbocycles. The van der Waals surface area contributed by atoms with Gasteiger partial charge in [0, 0.05) is 24.8 Å². The van der Waals surface area contributed by atoms with Gasteiger partial charge in [-0.1, -0.05) is 33.6 Å². The smallest absolute Gasteiger partial charge is 0.256 e. The highest BCUT2D eigenvalue weighted by Gasteiger charge is 2.23. The number of ether oxygens (including phenoxy) is 1. The minimum Gasteiger partial charge on any atom is -0.492 e. The first-order chi connectivity index (χ1) is 11.5. The lowest BCUT2D eigenvalue weighted by atomic mass is 10.1. The topological polar surface area (TPSA) is 60.3 Å². The molecule has 0 bridgehead atoms. The van der Waals surface area contributed by atoms with Crippen LogP contribution in [-0.4, -0.2) is 23.6 Å². The Hall–Kier alpha value is -1.78. The van der Waals surface area contributed by atoms with E-state index in [2.05, 4.69) is 26.1 Å². The Morgan fingerprint density at radius 1 is 1.33 bits per heavy atom. The second-order valence-electron chi connectivity index (χ2n) is 6.95. The normalized spacial score (nSPS) is 14.2. The average molecular weight is 334 g/mol. The maximum Gasteiger partial charge on any atom is 0.256 e. The zero-order chi connectivity index (χ0) is 17.5. The summed E-state index contributed by atoms with van der Waals surface area (Å²) < 4.78 is 7.61. The fourth-order valence-corrected chi connectivity index (χ4v) is 3.00. The molecule has 2 rings (SSSR count). The number of fused-ring (bicyclic) bond motifs is 1. The number of nitrogens with one attached hydrogen (secondary N) is 1. The molecule has 5 nitrogen and oxygen atoms in total. The van der Waals surface area contributed by atoms with Crippen LogP contribution >= 0.6 is 0 Å². The molecular formula is C19H30N2O3. The molecular weight excluding hydrogens is 304 g/mol. The highest BCUT2D eigenvalue weighted by molar-refractivity contribution is 5.98. The van der Waals surface area contributed by atoms with Crippen molar-refractivity contribution in [2.45, 2.75) is 65.8 Å². The molecule has 1 aromatic heterocycles. The number of carbonyl (C=O) groups excluding carboxylic acids is 1. The standard InChI is InChI=1S/C19H30N2O3/c1-4-5-10-20-19(23)18-15-9-7-6-8-11-21(15)17(22)12-16(18)24-13-14(2)3/h12,14H,4-11,13H2,1-3H3,(H,20,23). The van der Waals surface area contributed by atoms with Gasteiger partial charge in [0.05, 0.1) is 6.61 Å². The van der Waals surface area contributed by atoms with E-state index in [0.717, 1.165) is 44.2 Å². The molecule has 134 valence electrons. The molecule has 1 aliphatic heterocycles. The van der Waals surface area contributed by atoms with Crippen molar-refractivity contribution in [2.75, 3.05) is 13.2 Å². The molecule has 5 heteroatoms. The van der Waals surface area contributed by atoms with Crippen LogP contribution in [0.3, 0.4) is 0 Å². The molecule has 24 heavy (non-hydrogen) atoms. The van der Waals surface area contributed by atoms with Gasteiger partial charge in [0.25, 0.3) is 11.5 Å². The third kappa shape index (κ3) is 4.62. The van der Waals surface area contributed by atoms with Gasteiger partial charge in [-0.25, -0.2) is 0 Å². The number of hydrogen-bond acceptors (Lipinski definition) is 3. The van der Waals surface area contributed by atoms with Crippen LogP contribution in [0.25, 0.3) is 0 Å². The van der Waals surface area contributed by atoms with Crippen molar-refractivity contribution < 1.29 is 9.53 Å². The average Bonchev–Trinajstić information content (AvgIpc) is 2.79. The van der Waals surface area contributed by atoms with E-state index < -0.39 is 0 Å². The lowest BCUT2D eigenvalue weighted by molar-refractivity contribution is 0.0946. The molecule has 0 radical (unpaired) electrons. The molecule has 0 aliphatic carbocycles. The predicted molar refractivity (Wildman–Crippen MR) is 95.8 cm³/mol. The Labute approximate surface area is 144 Å². The van der Waals surface area contributed by atoms with E-state index in [9.17, 15) is 9.59 Å². The van der Waals surface area contributed by atoms with Gasteiger partial charge in [0.2, 0.25) is 0 Å². The minimum atomic E-state index is -0.118. The highest BCUT2D eigenvalue weighted by atomic mass is 16.5. The number of rotatable bonds is 7. The third-order valence-corrected chi connectivity index (χ3v) is 4.29. The Balaban J connectivity index is 2.41. The van der Waals surface area contributed by atoms with Crippen LogP contribution in [0.2, 0.25) is 0 Å². The highest BCUT2D eigenvalue weighted by Crippen LogP contribution is 2.25. The van der Waals surface area contributed by atoms with Gasteiger partial charge < -0.3 is 14.6 Å². The zero-order valence-electron chi connectivity index (χ0n) is 15.2. The monoisotopic (exact) mass is 334 g/mol. The second kappa shape index (κ2) is 8.90. The minimum absolute atomic E-state index is 0.0595. The fourth-order valence-electron chi connectivity index (χ4n) is 3.00. The first kappa shape index (κ1) is 18.6. The summed E-state index contributed by atoms with van der Waals surface area (Å²) in [7, 11) is 0. The summed E-state index contributed by atoms with van der Waals surface area (Å²) in [6.45, 7) is 8.04. The van der Waals surface area contributed by atoms with Crippen LogP contribution in [0, 0.1) is 5.92 Å². The SMILES string of the molecule is CCCCNC(=O)c1c(OCC(C)C)cc(=O)n2c1CCCCC2. The molecule has 2 heterocycles. The summed E-state index contributed by atoms with van der Waals surface area (Å²) in [5.74, 6) is 0.659. The van der Waals surface area contributed by atoms with Crippen LogP contribution in [0.1, 0.15) is 68.9 Å². The maximum atomic E-state index is 12.8. The van der Waals surface area contributed by atoms with Crippen molar-refractivity contribution in [3.63, 3.8) is 0 Å². The van der Waals surface area contributed by atoms with E-state index in [4.69, 9.17) is 4.74 Å². The number of pyridine rings is 1. The second-order valence-corrected chi connectivity index (χ2v) is 6.95. The van der Waals surface area contributed by atoms with E-state index >= 15 is 0 Å². The Morgan fingerprint density at radius 2 is 2.12 bits per heavy atom. The Bertz CT molecular complexity index is 620. The maximum absolute atomic E-state index is 12.8. The van der Waals surface area contributed by atoms with Crippen molar-refractivity contribution in [3.05, 3.63) is 27.7 Å². The molecule has 1 amide bonds. The third-order valence-electron chi connectivity index (χ3n) is 4.29. The van der Waals surface area contributed by atoms with Crippen LogP contribution in [0.4, 0.5) is 0 Å². The lowest BCUT2D eigenvalue weighted by Crippen LogP contribution is -2.31. The van der Waals surface area contributed by atoms with E-state index in [1.807, 2.05) is 0 Å². The number of nitrogens with zero attached hydrogens (tertiary/aromatic N) is 1. The van der Waals surface area contributed by atoms with Crippen molar-refractivity contribution in [2.24, 2.45) is 5.92 Å². The molecule has 0 fully saturated rings. The molecule has 1 N–H and O–H groups in total. The van der Waals surface area contributed by atoms with Crippen molar-refractivity contribution in [3.8, 4) is 5.75 Å². The number of carbonyl (C=O) groups is 1. The van der Waals surface area contributed by atoms with Gasteiger partial charge >= 0.3 is 0 Å². The van der Waals surface area contributed by atoms with E-state index in [1.165, 1.54) is 6.07 Å². The van der Waals surface area contributed by atoms with Crippen molar-refractivity contribution >= 4 is 5.91 Å². The predicted octanol–water partition coefficient (Wildman–Crippen LogP) is 3.14. The summed E-state index contributed by atoms with van der Waals surface area (Å²) in [6.07, 6.45) is 5.80. The number of aromatic nitrogens is 1. The largest absolute Gasteiger partial charge is 0.492 e. The van der Waals surface area contributed by atoms with Crippen LogP contribution in [0.5, 0.6) is 5.75 Å². The summed E-state index contributed by atoms with van der Waals surface area (Å²) in [6, 6.07) is 1.49. The van der Waals surface area contributed by atoms with E-state index in [1.54, 1.807) is 4.57 Å². The van der Waals surface area contributed by atoms with Crippen molar-refractivity contribution in [1.82, 2.24) is 9.88 Å². The van der Waals surface area contributed by atoms with Crippen LogP contribution in [0.15, 0.2) is 10.9 Å². The molecule has 0 saturated carbocycles. The first-order valence-corrected chi connectivity index (χ1v) is 9.22. The van der Waals surface area contributed by atoms with Crippen LogP contribution in [-0.2, 0) is 13.0 Å². The Kier molecular flexibility index (Phi) is 6.88. The van der Waals surface area contributed by atoms with Gasteiger partial charge in [-0.15, -0.1) is 0 Å². The molecule has 0 spiro atoms. The molecule has 0 saturated heterocycles. The summed E-state index contributed by atoms with van der Waals surface area (Å²) in [5.41, 5.74) is 1.34.